The van der Waals surface area contributed by atoms with Crippen LogP contribution in [0, 0.1) is 0 Å². The molecule has 18 heavy (non-hydrogen) atoms. The van der Waals surface area contributed by atoms with Gasteiger partial charge in [-0.25, -0.2) is 4.31 Å². The van der Waals surface area contributed by atoms with Crippen molar-refractivity contribution in [2.75, 3.05) is 7.11 Å². The van der Waals surface area contributed by atoms with E-state index in [2.05, 4.69) is 4.72 Å². The molecule has 1 aromatic rings. The van der Waals surface area contributed by atoms with Gasteiger partial charge in [0.2, 0.25) is 0 Å². The summed E-state index contributed by atoms with van der Waals surface area (Å²) in [4.78, 5) is 11.7. The van der Waals surface area contributed by atoms with E-state index >= 15 is 0 Å². The Labute approximate surface area is 106 Å². The van der Waals surface area contributed by atoms with E-state index < -0.39 is 22.2 Å². The molecule has 1 N–H and O–H groups in total. The van der Waals surface area contributed by atoms with Crippen LogP contribution in [0.4, 0.5) is 0 Å². The molecule has 1 saturated heterocycles. The van der Waals surface area contributed by atoms with Crippen molar-refractivity contribution in [2.45, 2.75) is 19.5 Å². The zero-order valence-electron chi connectivity index (χ0n) is 10.1. The van der Waals surface area contributed by atoms with E-state index in [0.29, 0.717) is 5.75 Å². The van der Waals surface area contributed by atoms with E-state index in [1.807, 2.05) is 0 Å². The zero-order chi connectivity index (χ0) is 13.3. The Kier molecular flexibility index (Phi) is 3.27. The third-order valence-corrected chi connectivity index (χ3v) is 4.26. The Morgan fingerprint density at radius 1 is 1.33 bits per heavy atom. The van der Waals surface area contributed by atoms with Crippen LogP contribution in [-0.4, -0.2) is 31.8 Å². The lowest BCUT2D eigenvalue weighted by Crippen LogP contribution is -2.31. The first-order chi connectivity index (χ1) is 8.44. The Hall–Kier alpha value is -1.60. The molecule has 1 amide bonds. The third kappa shape index (κ3) is 2.32. The second-order valence-electron chi connectivity index (χ2n) is 4.04. The molecule has 1 aliphatic heterocycles. The molecule has 0 saturated carbocycles. The maximum absolute atomic E-state index is 11.7. The molecule has 1 aromatic carbocycles. The monoisotopic (exact) mass is 270 g/mol. The highest BCUT2D eigenvalue weighted by atomic mass is 32.2. The van der Waals surface area contributed by atoms with Gasteiger partial charge in [-0.3, -0.25) is 4.79 Å². The van der Waals surface area contributed by atoms with Crippen molar-refractivity contribution in [3.8, 4) is 5.75 Å². The largest absolute Gasteiger partial charge is 0.497 e. The maximum Gasteiger partial charge on any atom is 0.304 e. The van der Waals surface area contributed by atoms with Gasteiger partial charge in [0.25, 0.3) is 5.91 Å². The quantitative estimate of drug-likeness (QED) is 0.855. The fraction of sp³-hybridized carbons (Fsp3) is 0.364. The van der Waals surface area contributed by atoms with Crippen LogP contribution in [0.3, 0.4) is 0 Å². The summed E-state index contributed by atoms with van der Waals surface area (Å²) in [7, 11) is -2.15. The number of carbonyl (C=O) groups is 1. The summed E-state index contributed by atoms with van der Waals surface area (Å²) >= 11 is 0. The number of carbonyl (C=O) groups excluding carboxylic acids is 1. The lowest BCUT2D eigenvalue weighted by Gasteiger charge is -2.14. The summed E-state index contributed by atoms with van der Waals surface area (Å²) in [5.74, 6) is 0.242. The number of rotatable bonds is 3. The molecule has 0 aliphatic carbocycles. The van der Waals surface area contributed by atoms with Crippen LogP contribution < -0.4 is 9.46 Å². The highest BCUT2D eigenvalue weighted by Gasteiger charge is 2.40. The van der Waals surface area contributed by atoms with Crippen molar-refractivity contribution in [3.05, 3.63) is 29.8 Å². The van der Waals surface area contributed by atoms with Crippen LogP contribution in [0.15, 0.2) is 24.3 Å². The number of benzene rings is 1. The smallest absolute Gasteiger partial charge is 0.304 e. The summed E-state index contributed by atoms with van der Waals surface area (Å²) in [5, 5.41) is 0. The van der Waals surface area contributed by atoms with Gasteiger partial charge in [-0.15, -0.1) is 0 Å². The summed E-state index contributed by atoms with van der Waals surface area (Å²) in [6.45, 7) is 1.55. The number of ether oxygens (including phenoxy) is 1. The van der Waals surface area contributed by atoms with E-state index in [-0.39, 0.29) is 6.54 Å². The number of amides is 1. The van der Waals surface area contributed by atoms with Crippen LogP contribution in [0.1, 0.15) is 12.5 Å². The highest BCUT2D eigenvalue weighted by Crippen LogP contribution is 2.18. The minimum atomic E-state index is -3.70. The standard InChI is InChI=1S/C11H14N2O4S/c1-8-11(14)13(18(15,16)12-8)7-9-3-5-10(17-2)6-4-9/h3-6,8,12H,7H2,1-2H3/t8-/m1/s1. The molecule has 1 heterocycles. The first kappa shape index (κ1) is 12.8. The van der Waals surface area contributed by atoms with Crippen molar-refractivity contribution in [2.24, 2.45) is 0 Å². The average Bonchev–Trinajstić information content (AvgIpc) is 2.52. The minimum absolute atomic E-state index is 0.0303. The van der Waals surface area contributed by atoms with Crippen LogP contribution >= 0.6 is 0 Å². The molecule has 1 atom stereocenters. The third-order valence-electron chi connectivity index (χ3n) is 2.72. The molecule has 7 heteroatoms. The van der Waals surface area contributed by atoms with Gasteiger partial charge in [0.15, 0.2) is 0 Å². The van der Waals surface area contributed by atoms with Gasteiger partial charge in [0, 0.05) is 0 Å². The fourth-order valence-electron chi connectivity index (χ4n) is 1.73. The SMILES string of the molecule is COc1ccc(CN2C(=O)[C@@H](C)NS2(=O)=O)cc1. The van der Waals surface area contributed by atoms with Crippen LogP contribution in [0.5, 0.6) is 5.75 Å². The van der Waals surface area contributed by atoms with E-state index in [0.717, 1.165) is 9.87 Å². The van der Waals surface area contributed by atoms with Crippen molar-refractivity contribution in [1.82, 2.24) is 9.03 Å². The molecule has 1 aliphatic rings. The number of nitrogens with one attached hydrogen (secondary N) is 1. The average molecular weight is 270 g/mol. The van der Waals surface area contributed by atoms with Crippen molar-refractivity contribution < 1.29 is 17.9 Å². The fourth-order valence-corrected chi connectivity index (χ4v) is 3.12. The summed E-state index contributed by atoms with van der Waals surface area (Å²) in [5.41, 5.74) is 0.726. The van der Waals surface area contributed by atoms with Crippen LogP contribution in [-0.2, 0) is 21.5 Å². The Morgan fingerprint density at radius 2 is 1.94 bits per heavy atom. The van der Waals surface area contributed by atoms with Gasteiger partial charge in [0.05, 0.1) is 13.7 Å². The van der Waals surface area contributed by atoms with E-state index in [9.17, 15) is 13.2 Å². The molecule has 6 nitrogen and oxygen atoms in total. The van der Waals surface area contributed by atoms with Gasteiger partial charge >= 0.3 is 10.2 Å². The topological polar surface area (TPSA) is 75.7 Å². The maximum atomic E-state index is 11.7. The molecule has 0 aromatic heterocycles. The molecule has 0 unspecified atom stereocenters. The first-order valence-corrected chi connectivity index (χ1v) is 6.85. The molecular formula is C11H14N2O4S. The lowest BCUT2D eigenvalue weighted by molar-refractivity contribution is -0.126. The summed E-state index contributed by atoms with van der Waals surface area (Å²) in [6.07, 6.45) is 0. The molecule has 0 bridgehead atoms. The predicted molar refractivity (Wildman–Crippen MR) is 65.1 cm³/mol. The molecule has 0 radical (unpaired) electrons. The summed E-state index contributed by atoms with van der Waals surface area (Å²) < 4.78 is 31.5. The highest BCUT2D eigenvalue weighted by molar-refractivity contribution is 7.88. The van der Waals surface area contributed by atoms with Gasteiger partial charge in [-0.1, -0.05) is 12.1 Å². The molecule has 2 rings (SSSR count). The molecule has 0 spiro atoms. The zero-order valence-corrected chi connectivity index (χ0v) is 10.9. The Balaban J connectivity index is 2.20. The number of hydrogen-bond donors (Lipinski definition) is 1. The lowest BCUT2D eigenvalue weighted by atomic mass is 10.2. The second kappa shape index (κ2) is 4.58. The predicted octanol–water partition coefficient (Wildman–Crippen LogP) is 0.260. The number of methoxy groups -OCH3 is 1. The Bertz CT molecular complexity index is 553. The molecule has 1 fully saturated rings. The second-order valence-corrected chi connectivity index (χ2v) is 5.66. The number of hydrogen-bond acceptors (Lipinski definition) is 4. The van der Waals surface area contributed by atoms with Gasteiger partial charge in [-0.05, 0) is 24.6 Å². The molecular weight excluding hydrogens is 256 g/mol. The van der Waals surface area contributed by atoms with E-state index in [1.165, 1.54) is 6.92 Å². The normalized spacial score (nSPS) is 22.2. The van der Waals surface area contributed by atoms with Crippen molar-refractivity contribution >= 4 is 16.1 Å². The van der Waals surface area contributed by atoms with Gasteiger partial charge in [0.1, 0.15) is 11.8 Å². The van der Waals surface area contributed by atoms with E-state index in [1.54, 1.807) is 31.4 Å². The van der Waals surface area contributed by atoms with Gasteiger partial charge < -0.3 is 4.74 Å². The van der Waals surface area contributed by atoms with E-state index in [4.69, 9.17) is 4.74 Å². The van der Waals surface area contributed by atoms with Crippen LogP contribution in [0.2, 0.25) is 0 Å². The van der Waals surface area contributed by atoms with Gasteiger partial charge in [-0.2, -0.15) is 13.1 Å². The number of nitrogens with zero attached hydrogens (tertiary/aromatic N) is 1. The summed E-state index contributed by atoms with van der Waals surface area (Å²) in [6, 6.07) is 6.20. The van der Waals surface area contributed by atoms with Crippen molar-refractivity contribution in [1.29, 1.82) is 0 Å². The first-order valence-electron chi connectivity index (χ1n) is 5.41. The van der Waals surface area contributed by atoms with Crippen molar-refractivity contribution in [3.63, 3.8) is 0 Å². The Morgan fingerprint density at radius 3 is 2.39 bits per heavy atom. The molecule has 98 valence electrons. The minimum Gasteiger partial charge on any atom is -0.497 e. The van der Waals surface area contributed by atoms with Crippen LogP contribution in [0.25, 0.3) is 0 Å².